The van der Waals surface area contributed by atoms with Crippen molar-refractivity contribution < 1.29 is 9.90 Å². The van der Waals surface area contributed by atoms with Crippen LogP contribution >= 0.6 is 11.6 Å². The summed E-state index contributed by atoms with van der Waals surface area (Å²) in [5.74, 6) is -1.07. The Morgan fingerprint density at radius 2 is 2.33 bits per heavy atom. The topological polar surface area (TPSA) is 78.9 Å². The van der Waals surface area contributed by atoms with E-state index < -0.39 is 5.97 Å². The van der Waals surface area contributed by atoms with Gasteiger partial charge in [0.05, 0.1) is 18.0 Å². The number of carboxylic acid groups (broad SMARTS) is 1. The predicted octanol–water partition coefficient (Wildman–Crippen LogP) is 2.15. The first kappa shape index (κ1) is 12.1. The lowest BCUT2D eigenvalue weighted by atomic mass is 10.1. The maximum atomic E-state index is 10.7. The molecule has 0 unspecified atom stereocenters. The summed E-state index contributed by atoms with van der Waals surface area (Å²) in [4.78, 5) is 14.4. The Morgan fingerprint density at radius 3 is 2.89 bits per heavy atom. The number of nitrogens with zero attached hydrogens (tertiary/aromatic N) is 3. The highest BCUT2D eigenvalue weighted by atomic mass is 35.5. The third-order valence-corrected chi connectivity index (χ3v) is 2.74. The molecule has 0 bridgehead atoms. The molecule has 0 aliphatic heterocycles. The quantitative estimate of drug-likeness (QED) is 0.918. The van der Waals surface area contributed by atoms with E-state index in [9.17, 15) is 4.79 Å². The molecule has 0 aliphatic carbocycles. The standard InChI is InChI=1S/C12H8ClN3O2/c13-10-3-8(4-14)1-2-9(10)5-16-6-11(12(17)18)15-7-16/h1-3,6-7H,5H2,(H,17,18). The number of carboxylic acids is 1. The summed E-state index contributed by atoms with van der Waals surface area (Å²) < 4.78 is 1.62. The minimum atomic E-state index is -1.07. The number of hydrogen-bond donors (Lipinski definition) is 1. The Hall–Kier alpha value is -2.32. The normalized spacial score (nSPS) is 10.0. The van der Waals surface area contributed by atoms with Crippen molar-refractivity contribution >= 4 is 17.6 Å². The Morgan fingerprint density at radius 1 is 1.56 bits per heavy atom. The molecule has 1 aromatic heterocycles. The van der Waals surface area contributed by atoms with Crippen molar-refractivity contribution in [1.82, 2.24) is 9.55 Å². The van der Waals surface area contributed by atoms with Crippen molar-refractivity contribution in [3.05, 3.63) is 52.6 Å². The molecule has 18 heavy (non-hydrogen) atoms. The molecule has 5 nitrogen and oxygen atoms in total. The fraction of sp³-hybridized carbons (Fsp3) is 0.0833. The molecule has 0 saturated carbocycles. The van der Waals surface area contributed by atoms with Crippen LogP contribution in [0.5, 0.6) is 0 Å². The largest absolute Gasteiger partial charge is 0.476 e. The number of benzene rings is 1. The molecule has 2 rings (SSSR count). The molecule has 0 saturated heterocycles. The van der Waals surface area contributed by atoms with Gasteiger partial charge in [-0.1, -0.05) is 17.7 Å². The van der Waals surface area contributed by atoms with Crippen molar-refractivity contribution in [3.63, 3.8) is 0 Å². The average molecular weight is 262 g/mol. The van der Waals surface area contributed by atoms with Crippen LogP contribution in [0.15, 0.2) is 30.7 Å². The van der Waals surface area contributed by atoms with E-state index in [-0.39, 0.29) is 5.69 Å². The van der Waals surface area contributed by atoms with Crippen molar-refractivity contribution in [2.75, 3.05) is 0 Å². The maximum absolute atomic E-state index is 10.7. The fourth-order valence-electron chi connectivity index (χ4n) is 1.50. The van der Waals surface area contributed by atoms with Gasteiger partial charge >= 0.3 is 5.97 Å². The zero-order valence-corrected chi connectivity index (χ0v) is 9.92. The molecule has 1 N–H and O–H groups in total. The van der Waals surface area contributed by atoms with Gasteiger partial charge in [-0.25, -0.2) is 9.78 Å². The lowest BCUT2D eigenvalue weighted by Crippen LogP contribution is -1.99. The van der Waals surface area contributed by atoms with Gasteiger partial charge in [-0.3, -0.25) is 0 Å². The molecule has 1 aromatic carbocycles. The summed E-state index contributed by atoms with van der Waals surface area (Å²) in [6, 6.07) is 6.97. The second-order valence-corrected chi connectivity index (χ2v) is 4.06. The van der Waals surface area contributed by atoms with Gasteiger partial charge < -0.3 is 9.67 Å². The molecule has 0 aliphatic rings. The lowest BCUT2D eigenvalue weighted by molar-refractivity contribution is 0.0691. The first-order valence-corrected chi connectivity index (χ1v) is 5.41. The van der Waals surface area contributed by atoms with Crippen molar-refractivity contribution in [2.45, 2.75) is 6.54 Å². The Bertz CT molecular complexity index is 643. The molecule has 6 heteroatoms. The molecule has 0 spiro atoms. The predicted molar refractivity (Wildman–Crippen MR) is 64.5 cm³/mol. The number of carbonyl (C=O) groups is 1. The fourth-order valence-corrected chi connectivity index (χ4v) is 1.74. The van der Waals surface area contributed by atoms with Crippen LogP contribution in [-0.4, -0.2) is 20.6 Å². The maximum Gasteiger partial charge on any atom is 0.356 e. The number of aromatic carboxylic acids is 1. The first-order valence-electron chi connectivity index (χ1n) is 5.04. The van der Waals surface area contributed by atoms with Crippen LogP contribution in [0, 0.1) is 11.3 Å². The number of nitriles is 1. The number of halogens is 1. The summed E-state index contributed by atoms with van der Waals surface area (Å²) in [5, 5.41) is 17.9. The zero-order chi connectivity index (χ0) is 13.1. The minimum Gasteiger partial charge on any atom is -0.476 e. The monoisotopic (exact) mass is 261 g/mol. The van der Waals surface area contributed by atoms with Gasteiger partial charge in [-0.2, -0.15) is 5.26 Å². The lowest BCUT2D eigenvalue weighted by Gasteiger charge is -2.05. The molecule has 0 fully saturated rings. The third kappa shape index (κ3) is 2.50. The summed E-state index contributed by atoms with van der Waals surface area (Å²) in [6.45, 7) is 0.408. The molecule has 1 heterocycles. The number of hydrogen-bond acceptors (Lipinski definition) is 3. The van der Waals surface area contributed by atoms with Crippen LogP contribution in [0.4, 0.5) is 0 Å². The van der Waals surface area contributed by atoms with Crippen molar-refractivity contribution in [2.24, 2.45) is 0 Å². The Kier molecular flexibility index (Phi) is 3.31. The van der Waals surface area contributed by atoms with E-state index in [0.717, 1.165) is 5.56 Å². The molecular formula is C12H8ClN3O2. The van der Waals surface area contributed by atoms with Gasteiger partial charge in [0.15, 0.2) is 5.69 Å². The first-order chi connectivity index (χ1) is 8.60. The van der Waals surface area contributed by atoms with Gasteiger partial charge in [-0.05, 0) is 17.7 Å². The summed E-state index contributed by atoms with van der Waals surface area (Å²) in [7, 11) is 0. The molecule has 0 amide bonds. The van der Waals surface area contributed by atoms with Crippen LogP contribution in [0.25, 0.3) is 0 Å². The van der Waals surface area contributed by atoms with E-state index in [2.05, 4.69) is 4.98 Å². The zero-order valence-electron chi connectivity index (χ0n) is 9.17. The van der Waals surface area contributed by atoms with Crippen molar-refractivity contribution in [3.8, 4) is 6.07 Å². The molecule has 0 radical (unpaired) electrons. The SMILES string of the molecule is N#Cc1ccc(Cn2cnc(C(=O)O)c2)c(Cl)c1. The van der Waals surface area contributed by atoms with E-state index in [1.54, 1.807) is 22.8 Å². The highest BCUT2D eigenvalue weighted by molar-refractivity contribution is 6.31. The second-order valence-electron chi connectivity index (χ2n) is 3.65. The van der Waals surface area contributed by atoms with Crippen molar-refractivity contribution in [1.29, 1.82) is 5.26 Å². The van der Waals surface area contributed by atoms with E-state index in [0.29, 0.717) is 17.1 Å². The van der Waals surface area contributed by atoms with Crippen LogP contribution in [0.2, 0.25) is 5.02 Å². The number of aromatic nitrogens is 2. The molecule has 0 atom stereocenters. The second kappa shape index (κ2) is 4.90. The average Bonchev–Trinajstić information content (AvgIpc) is 2.80. The van der Waals surface area contributed by atoms with Gasteiger partial charge in [0, 0.05) is 17.8 Å². The van der Waals surface area contributed by atoms with E-state index in [1.807, 2.05) is 6.07 Å². The Balaban J connectivity index is 2.23. The number of imidazole rings is 1. The van der Waals surface area contributed by atoms with Crippen LogP contribution in [-0.2, 0) is 6.54 Å². The smallest absolute Gasteiger partial charge is 0.356 e. The molecule has 2 aromatic rings. The van der Waals surface area contributed by atoms with E-state index >= 15 is 0 Å². The highest BCUT2D eigenvalue weighted by Crippen LogP contribution is 2.18. The van der Waals surface area contributed by atoms with Gasteiger partial charge in [0.25, 0.3) is 0 Å². The van der Waals surface area contributed by atoms with Gasteiger partial charge in [-0.15, -0.1) is 0 Å². The highest BCUT2D eigenvalue weighted by Gasteiger charge is 2.08. The van der Waals surface area contributed by atoms with Crippen LogP contribution in [0.3, 0.4) is 0 Å². The summed E-state index contributed by atoms with van der Waals surface area (Å²) >= 11 is 6.03. The van der Waals surface area contributed by atoms with Gasteiger partial charge in [0.1, 0.15) is 0 Å². The summed E-state index contributed by atoms with van der Waals surface area (Å²) in [6.07, 6.45) is 2.86. The number of rotatable bonds is 3. The van der Waals surface area contributed by atoms with Crippen LogP contribution in [0.1, 0.15) is 21.6 Å². The summed E-state index contributed by atoms with van der Waals surface area (Å²) in [5.41, 5.74) is 1.27. The minimum absolute atomic E-state index is 0.0141. The third-order valence-electron chi connectivity index (χ3n) is 2.39. The van der Waals surface area contributed by atoms with Crippen LogP contribution < -0.4 is 0 Å². The molecular weight excluding hydrogens is 254 g/mol. The van der Waals surface area contributed by atoms with Gasteiger partial charge in [0.2, 0.25) is 0 Å². The molecule has 90 valence electrons. The Labute approximate surface area is 108 Å². The van der Waals surface area contributed by atoms with E-state index in [1.165, 1.54) is 12.5 Å². The van der Waals surface area contributed by atoms with E-state index in [4.69, 9.17) is 22.0 Å².